The minimum absolute atomic E-state index is 0.277. The first-order valence-electron chi connectivity index (χ1n) is 8.85. The average Bonchev–Trinajstić information content (AvgIpc) is 3.24. The molecule has 0 bridgehead atoms. The van der Waals surface area contributed by atoms with E-state index in [2.05, 4.69) is 22.5 Å². The second-order valence-electron chi connectivity index (χ2n) is 6.52. The van der Waals surface area contributed by atoms with Crippen molar-refractivity contribution in [2.45, 2.75) is 19.3 Å². The Morgan fingerprint density at radius 3 is 2.78 bits per heavy atom. The Hall–Kier alpha value is -2.34. The summed E-state index contributed by atoms with van der Waals surface area (Å²) in [6.07, 6.45) is 2.53. The molecule has 4 nitrogen and oxygen atoms in total. The fourth-order valence-corrected chi connectivity index (χ4v) is 4.77. The van der Waals surface area contributed by atoms with E-state index in [4.69, 9.17) is 17.3 Å². The number of carbonyl (C=O) groups is 1. The first kappa shape index (κ1) is 18.0. The van der Waals surface area contributed by atoms with E-state index in [0.717, 1.165) is 41.5 Å². The summed E-state index contributed by atoms with van der Waals surface area (Å²) in [7, 11) is 0. The molecule has 27 heavy (non-hydrogen) atoms. The number of carboxylic acids is 1. The lowest BCUT2D eigenvalue weighted by Crippen LogP contribution is -2.01. The van der Waals surface area contributed by atoms with Crippen molar-refractivity contribution in [1.82, 2.24) is 4.98 Å². The maximum Gasteiger partial charge on any atom is 0.336 e. The summed E-state index contributed by atoms with van der Waals surface area (Å²) in [4.78, 5) is 15.3. The molecule has 0 aliphatic heterocycles. The monoisotopic (exact) mass is 398 g/mol. The molecule has 0 aliphatic rings. The number of benzene rings is 2. The number of aromatic amines is 1. The molecule has 2 aromatic heterocycles. The molecule has 0 unspecified atom stereocenters. The van der Waals surface area contributed by atoms with Gasteiger partial charge in [0.1, 0.15) is 0 Å². The highest BCUT2D eigenvalue weighted by molar-refractivity contribution is 7.17. The fourth-order valence-electron chi connectivity index (χ4n) is 3.61. The van der Waals surface area contributed by atoms with E-state index in [1.54, 1.807) is 23.5 Å². The molecule has 0 atom stereocenters. The molecule has 4 aromatic rings. The first-order chi connectivity index (χ1) is 13.1. The normalized spacial score (nSPS) is 11.5. The van der Waals surface area contributed by atoms with E-state index in [-0.39, 0.29) is 5.56 Å². The molecule has 0 saturated heterocycles. The number of rotatable bonds is 6. The molecule has 4 rings (SSSR count). The Morgan fingerprint density at radius 2 is 2.00 bits per heavy atom. The second-order valence-corrected chi connectivity index (χ2v) is 7.84. The van der Waals surface area contributed by atoms with Crippen LogP contribution < -0.4 is 5.73 Å². The van der Waals surface area contributed by atoms with Gasteiger partial charge in [-0.05, 0) is 49.6 Å². The largest absolute Gasteiger partial charge is 0.478 e. The van der Waals surface area contributed by atoms with Gasteiger partial charge in [0.25, 0.3) is 0 Å². The lowest BCUT2D eigenvalue weighted by atomic mass is 9.97. The lowest BCUT2D eigenvalue weighted by Gasteiger charge is -2.06. The lowest BCUT2D eigenvalue weighted by molar-refractivity contribution is 0.0699. The van der Waals surface area contributed by atoms with Crippen molar-refractivity contribution in [1.29, 1.82) is 0 Å². The molecule has 6 heteroatoms. The van der Waals surface area contributed by atoms with Gasteiger partial charge in [-0.2, -0.15) is 0 Å². The van der Waals surface area contributed by atoms with Crippen LogP contribution in [0.15, 0.2) is 41.8 Å². The number of thiophene rings is 1. The molecular weight excluding hydrogens is 380 g/mol. The fraction of sp³-hybridized carbons (Fsp3) is 0.190. The number of halogens is 1. The number of fused-ring (bicyclic) bond motifs is 2. The highest BCUT2D eigenvalue weighted by atomic mass is 35.5. The van der Waals surface area contributed by atoms with Crippen molar-refractivity contribution in [3.8, 4) is 11.3 Å². The van der Waals surface area contributed by atoms with Crippen molar-refractivity contribution in [3.63, 3.8) is 0 Å². The number of hydrogen-bond acceptors (Lipinski definition) is 3. The number of hydrogen-bond donors (Lipinski definition) is 3. The minimum Gasteiger partial charge on any atom is -0.478 e. The van der Waals surface area contributed by atoms with E-state index >= 15 is 0 Å². The minimum atomic E-state index is -0.947. The van der Waals surface area contributed by atoms with Crippen LogP contribution in [0.3, 0.4) is 0 Å². The molecule has 0 aliphatic carbocycles. The molecule has 0 spiro atoms. The zero-order chi connectivity index (χ0) is 19.0. The van der Waals surface area contributed by atoms with Crippen LogP contribution >= 0.6 is 22.9 Å². The third kappa shape index (κ3) is 3.12. The van der Waals surface area contributed by atoms with Gasteiger partial charge in [-0.3, -0.25) is 0 Å². The Kier molecular flexibility index (Phi) is 4.91. The molecule has 4 N–H and O–H groups in total. The average molecular weight is 399 g/mol. The van der Waals surface area contributed by atoms with E-state index in [0.29, 0.717) is 22.5 Å². The van der Waals surface area contributed by atoms with Crippen molar-refractivity contribution >= 4 is 49.9 Å². The Morgan fingerprint density at radius 1 is 1.19 bits per heavy atom. The van der Waals surface area contributed by atoms with E-state index < -0.39 is 5.97 Å². The maximum atomic E-state index is 11.8. The molecule has 0 amide bonds. The Bertz CT molecular complexity index is 1150. The molecule has 0 radical (unpaired) electrons. The quantitative estimate of drug-likeness (QED) is 0.365. The van der Waals surface area contributed by atoms with Crippen LogP contribution in [0.5, 0.6) is 0 Å². The van der Waals surface area contributed by atoms with Crippen molar-refractivity contribution in [2.24, 2.45) is 5.73 Å². The standard InChI is InChI=1S/C21H19ClN2O2S/c22-16-9-8-14(21(25)26)18-13(6-3-4-10-23)19(24-20(16)18)15-11-27-17-7-2-1-5-12(15)17/h1-2,5,7-9,11,24H,3-4,6,10,23H2,(H,25,26). The highest BCUT2D eigenvalue weighted by Gasteiger charge is 2.22. The number of nitrogens with two attached hydrogens (primary N) is 1. The molecule has 2 heterocycles. The summed E-state index contributed by atoms with van der Waals surface area (Å²) >= 11 is 8.10. The second kappa shape index (κ2) is 7.35. The third-order valence-electron chi connectivity index (χ3n) is 4.87. The van der Waals surface area contributed by atoms with Crippen LogP contribution in [-0.4, -0.2) is 22.6 Å². The van der Waals surface area contributed by atoms with Gasteiger partial charge < -0.3 is 15.8 Å². The van der Waals surface area contributed by atoms with Gasteiger partial charge in [-0.1, -0.05) is 29.8 Å². The molecular formula is C21H19ClN2O2S. The molecule has 0 fully saturated rings. The van der Waals surface area contributed by atoms with E-state index in [1.807, 2.05) is 12.1 Å². The van der Waals surface area contributed by atoms with Gasteiger partial charge >= 0.3 is 5.97 Å². The summed E-state index contributed by atoms with van der Waals surface area (Å²) in [6.45, 7) is 0.617. The predicted molar refractivity (Wildman–Crippen MR) is 113 cm³/mol. The number of carboxylic acid groups (broad SMARTS) is 1. The molecule has 2 aromatic carbocycles. The van der Waals surface area contributed by atoms with Gasteiger partial charge in [0, 0.05) is 26.4 Å². The van der Waals surface area contributed by atoms with Crippen molar-refractivity contribution < 1.29 is 9.90 Å². The van der Waals surface area contributed by atoms with Gasteiger partial charge in [-0.25, -0.2) is 4.79 Å². The summed E-state index contributed by atoms with van der Waals surface area (Å²) in [5.74, 6) is -0.947. The molecule has 138 valence electrons. The predicted octanol–water partition coefficient (Wildman–Crippen LogP) is 5.68. The maximum absolute atomic E-state index is 11.8. The number of nitrogens with one attached hydrogen (secondary N) is 1. The summed E-state index contributed by atoms with van der Waals surface area (Å²) < 4.78 is 1.20. The number of unbranched alkanes of at least 4 members (excludes halogenated alkanes) is 1. The summed E-state index contributed by atoms with van der Waals surface area (Å²) in [5, 5.41) is 14.2. The zero-order valence-corrected chi connectivity index (χ0v) is 16.2. The number of aryl methyl sites for hydroxylation is 1. The topological polar surface area (TPSA) is 79.1 Å². The van der Waals surface area contributed by atoms with Gasteiger partial charge in [0.2, 0.25) is 0 Å². The van der Waals surface area contributed by atoms with Crippen LogP contribution in [0.4, 0.5) is 0 Å². The first-order valence-corrected chi connectivity index (χ1v) is 10.1. The number of aromatic carboxylic acids is 1. The van der Waals surface area contributed by atoms with Gasteiger partial charge in [-0.15, -0.1) is 11.3 Å². The smallest absolute Gasteiger partial charge is 0.336 e. The van der Waals surface area contributed by atoms with Crippen LogP contribution in [0, 0.1) is 0 Å². The van der Waals surface area contributed by atoms with Crippen LogP contribution in [0.25, 0.3) is 32.2 Å². The van der Waals surface area contributed by atoms with Crippen LogP contribution in [-0.2, 0) is 6.42 Å². The van der Waals surface area contributed by atoms with E-state index in [1.165, 1.54) is 4.70 Å². The summed E-state index contributed by atoms with van der Waals surface area (Å²) in [6, 6.07) is 11.5. The Labute approximate surface area is 165 Å². The molecule has 0 saturated carbocycles. The van der Waals surface area contributed by atoms with E-state index in [9.17, 15) is 9.90 Å². The van der Waals surface area contributed by atoms with Gasteiger partial charge in [0.15, 0.2) is 0 Å². The number of H-pyrrole nitrogens is 1. The zero-order valence-electron chi connectivity index (χ0n) is 14.6. The van der Waals surface area contributed by atoms with Crippen LogP contribution in [0.1, 0.15) is 28.8 Å². The SMILES string of the molecule is NCCCCc1c(-c2csc3ccccc23)[nH]c2c(Cl)ccc(C(=O)O)c12. The third-order valence-corrected chi connectivity index (χ3v) is 6.15. The summed E-state index contributed by atoms with van der Waals surface area (Å²) in [5.41, 5.74) is 9.67. The Balaban J connectivity index is 2.02. The highest BCUT2D eigenvalue weighted by Crippen LogP contribution is 2.41. The van der Waals surface area contributed by atoms with Gasteiger partial charge in [0.05, 0.1) is 21.8 Å². The van der Waals surface area contributed by atoms with Crippen LogP contribution in [0.2, 0.25) is 5.02 Å². The number of aromatic nitrogens is 1. The van der Waals surface area contributed by atoms with Crippen molar-refractivity contribution in [2.75, 3.05) is 6.54 Å². The van der Waals surface area contributed by atoms with Crippen molar-refractivity contribution in [3.05, 3.63) is 57.9 Å².